The average Bonchev–Trinajstić information content (AvgIpc) is 2.74. The third-order valence-corrected chi connectivity index (χ3v) is 4.81. The Morgan fingerprint density at radius 2 is 1.82 bits per heavy atom. The Kier molecular flexibility index (Phi) is 3.76. The topological polar surface area (TPSA) is 29.5 Å². The summed E-state index contributed by atoms with van der Waals surface area (Å²) in [6.07, 6.45) is 8.41. The summed E-state index contributed by atoms with van der Waals surface area (Å²) < 4.78 is 5.08. The van der Waals surface area contributed by atoms with Gasteiger partial charge in [-0.25, -0.2) is 0 Å². The van der Waals surface area contributed by atoms with Crippen LogP contribution in [-0.2, 0) is 9.53 Å². The van der Waals surface area contributed by atoms with Crippen LogP contribution >= 0.6 is 0 Å². The number of methoxy groups -OCH3 is 1. The van der Waals surface area contributed by atoms with Gasteiger partial charge in [-0.15, -0.1) is 0 Å². The maximum absolute atomic E-state index is 12.2. The third-order valence-electron chi connectivity index (χ3n) is 4.81. The van der Waals surface area contributed by atoms with Crippen LogP contribution in [0.1, 0.15) is 44.9 Å². The number of ether oxygens (including phenoxy) is 1. The molecule has 0 amide bonds. The summed E-state index contributed by atoms with van der Waals surface area (Å²) in [6, 6.07) is 0.381. The standard InChI is InChI=1S/C14H25NO2/c1-15(2)12(11-7-4-5-8-11)14(9-6-10-14)13(16)17-3/h11-12H,4-10H2,1-3H3. The Hall–Kier alpha value is -0.570. The molecular weight excluding hydrogens is 214 g/mol. The molecule has 17 heavy (non-hydrogen) atoms. The Morgan fingerprint density at radius 3 is 2.18 bits per heavy atom. The van der Waals surface area contributed by atoms with E-state index in [-0.39, 0.29) is 11.4 Å². The van der Waals surface area contributed by atoms with Gasteiger partial charge in [0.05, 0.1) is 12.5 Å². The van der Waals surface area contributed by atoms with E-state index in [1.807, 2.05) is 0 Å². The molecule has 0 aromatic heterocycles. The summed E-state index contributed by atoms with van der Waals surface area (Å²) in [6.45, 7) is 0. The highest BCUT2D eigenvalue weighted by Gasteiger charge is 2.54. The SMILES string of the molecule is COC(=O)C1(C(C2CCCC2)N(C)C)CCC1. The smallest absolute Gasteiger partial charge is 0.313 e. The van der Waals surface area contributed by atoms with E-state index in [1.54, 1.807) is 0 Å². The van der Waals surface area contributed by atoms with Crippen molar-refractivity contribution in [3.8, 4) is 0 Å². The maximum Gasteiger partial charge on any atom is 0.313 e. The van der Waals surface area contributed by atoms with Gasteiger partial charge in [0.1, 0.15) is 0 Å². The number of carbonyl (C=O) groups excluding carboxylic acids is 1. The van der Waals surface area contributed by atoms with Crippen molar-refractivity contribution in [1.29, 1.82) is 0 Å². The van der Waals surface area contributed by atoms with Gasteiger partial charge in [-0.3, -0.25) is 4.79 Å². The van der Waals surface area contributed by atoms with Crippen LogP contribution in [0.2, 0.25) is 0 Å². The zero-order valence-corrected chi connectivity index (χ0v) is 11.4. The summed E-state index contributed by atoms with van der Waals surface area (Å²) in [7, 11) is 5.77. The first-order valence-corrected chi connectivity index (χ1v) is 6.86. The molecule has 3 heteroatoms. The highest BCUT2D eigenvalue weighted by atomic mass is 16.5. The van der Waals surface area contributed by atoms with Gasteiger partial charge < -0.3 is 9.64 Å². The summed E-state index contributed by atoms with van der Waals surface area (Å²) in [5.41, 5.74) is -0.201. The van der Waals surface area contributed by atoms with Crippen LogP contribution in [0, 0.1) is 11.3 Å². The summed E-state index contributed by atoms with van der Waals surface area (Å²) in [4.78, 5) is 14.4. The lowest BCUT2D eigenvalue weighted by atomic mass is 9.60. The largest absolute Gasteiger partial charge is 0.469 e. The number of hydrogen-bond acceptors (Lipinski definition) is 3. The van der Waals surface area contributed by atoms with Crippen LogP contribution in [0.15, 0.2) is 0 Å². The van der Waals surface area contributed by atoms with Crippen molar-refractivity contribution in [2.24, 2.45) is 11.3 Å². The Bertz CT molecular complexity index is 278. The molecule has 2 aliphatic rings. The molecule has 0 spiro atoms. The lowest BCUT2D eigenvalue weighted by Crippen LogP contribution is -2.57. The zero-order chi connectivity index (χ0) is 12.5. The van der Waals surface area contributed by atoms with Gasteiger partial charge in [-0.1, -0.05) is 19.3 Å². The molecule has 0 heterocycles. The molecule has 0 radical (unpaired) electrons. The lowest BCUT2D eigenvalue weighted by molar-refractivity contribution is -0.167. The van der Waals surface area contributed by atoms with Gasteiger partial charge in [0.15, 0.2) is 0 Å². The van der Waals surface area contributed by atoms with Crippen LogP contribution in [-0.4, -0.2) is 38.1 Å². The van der Waals surface area contributed by atoms with Crippen LogP contribution in [0.4, 0.5) is 0 Å². The van der Waals surface area contributed by atoms with Crippen molar-refractivity contribution in [3.63, 3.8) is 0 Å². The zero-order valence-electron chi connectivity index (χ0n) is 11.4. The molecule has 1 unspecified atom stereocenters. The molecule has 0 bridgehead atoms. The van der Waals surface area contributed by atoms with Crippen molar-refractivity contribution in [2.75, 3.05) is 21.2 Å². The first-order valence-electron chi connectivity index (χ1n) is 6.86. The van der Waals surface area contributed by atoms with Gasteiger partial charge in [0, 0.05) is 6.04 Å². The molecule has 0 aliphatic heterocycles. The van der Waals surface area contributed by atoms with Crippen molar-refractivity contribution in [2.45, 2.75) is 51.0 Å². The summed E-state index contributed by atoms with van der Waals surface area (Å²) in [5.74, 6) is 0.707. The number of carbonyl (C=O) groups is 1. The highest BCUT2D eigenvalue weighted by Crippen LogP contribution is 2.51. The molecule has 0 aromatic carbocycles. The first kappa shape index (κ1) is 12.9. The van der Waals surface area contributed by atoms with Gasteiger partial charge >= 0.3 is 5.97 Å². The molecule has 98 valence electrons. The quantitative estimate of drug-likeness (QED) is 0.706. The van der Waals surface area contributed by atoms with E-state index in [0.29, 0.717) is 12.0 Å². The molecule has 2 fully saturated rings. The minimum absolute atomic E-state index is 0.0225. The molecule has 1 atom stereocenters. The van der Waals surface area contributed by atoms with E-state index in [1.165, 1.54) is 39.2 Å². The predicted molar refractivity (Wildman–Crippen MR) is 67.7 cm³/mol. The molecule has 0 N–H and O–H groups in total. The fourth-order valence-corrected chi connectivity index (χ4v) is 4.02. The summed E-state index contributed by atoms with van der Waals surface area (Å²) >= 11 is 0. The molecule has 2 aliphatic carbocycles. The van der Waals surface area contributed by atoms with Crippen molar-refractivity contribution in [1.82, 2.24) is 4.90 Å². The third kappa shape index (κ3) is 2.10. The van der Waals surface area contributed by atoms with Gasteiger partial charge in [-0.2, -0.15) is 0 Å². The summed E-state index contributed by atoms with van der Waals surface area (Å²) in [5, 5.41) is 0. The molecular formula is C14H25NO2. The van der Waals surface area contributed by atoms with Gasteiger partial charge in [0.2, 0.25) is 0 Å². The number of nitrogens with zero attached hydrogens (tertiary/aromatic N) is 1. The highest BCUT2D eigenvalue weighted by molar-refractivity contribution is 5.78. The Balaban J connectivity index is 2.21. The normalized spacial score (nSPS) is 25.6. The second kappa shape index (κ2) is 4.97. The van der Waals surface area contributed by atoms with Crippen molar-refractivity contribution in [3.05, 3.63) is 0 Å². The molecule has 0 aromatic rings. The van der Waals surface area contributed by atoms with Crippen LogP contribution in [0.25, 0.3) is 0 Å². The Labute approximate surface area is 105 Å². The Morgan fingerprint density at radius 1 is 1.24 bits per heavy atom. The lowest BCUT2D eigenvalue weighted by Gasteiger charge is -2.50. The van der Waals surface area contributed by atoms with E-state index in [9.17, 15) is 4.79 Å². The van der Waals surface area contributed by atoms with E-state index in [2.05, 4.69) is 19.0 Å². The minimum atomic E-state index is -0.201. The van der Waals surface area contributed by atoms with Gasteiger partial charge in [-0.05, 0) is 45.7 Å². The van der Waals surface area contributed by atoms with Crippen molar-refractivity contribution < 1.29 is 9.53 Å². The van der Waals surface area contributed by atoms with Crippen LogP contribution in [0.3, 0.4) is 0 Å². The molecule has 2 saturated carbocycles. The monoisotopic (exact) mass is 239 g/mol. The van der Waals surface area contributed by atoms with E-state index in [0.717, 1.165) is 12.8 Å². The fraction of sp³-hybridized carbons (Fsp3) is 0.929. The number of hydrogen-bond donors (Lipinski definition) is 0. The molecule has 2 rings (SSSR count). The van der Waals surface area contributed by atoms with E-state index >= 15 is 0 Å². The minimum Gasteiger partial charge on any atom is -0.469 e. The van der Waals surface area contributed by atoms with Crippen LogP contribution < -0.4 is 0 Å². The number of esters is 1. The number of rotatable bonds is 4. The maximum atomic E-state index is 12.2. The first-order chi connectivity index (χ1) is 8.12. The predicted octanol–water partition coefficient (Wildman–Crippen LogP) is 2.45. The van der Waals surface area contributed by atoms with Crippen molar-refractivity contribution >= 4 is 5.97 Å². The second-order valence-corrected chi connectivity index (χ2v) is 5.95. The molecule has 0 saturated heterocycles. The van der Waals surface area contributed by atoms with Gasteiger partial charge in [0.25, 0.3) is 0 Å². The molecule has 3 nitrogen and oxygen atoms in total. The fourth-order valence-electron chi connectivity index (χ4n) is 4.02. The average molecular weight is 239 g/mol. The van der Waals surface area contributed by atoms with E-state index < -0.39 is 0 Å². The van der Waals surface area contributed by atoms with E-state index in [4.69, 9.17) is 4.74 Å². The second-order valence-electron chi connectivity index (χ2n) is 5.95. The van der Waals surface area contributed by atoms with Crippen LogP contribution in [0.5, 0.6) is 0 Å².